The number of hydrogen-bond donors (Lipinski definition) is 2. The summed E-state index contributed by atoms with van der Waals surface area (Å²) in [5.74, 6) is -1.00. The van der Waals surface area contributed by atoms with Gasteiger partial charge in [0.2, 0.25) is 0 Å². The van der Waals surface area contributed by atoms with E-state index in [9.17, 15) is 14.7 Å². The number of carbonyl (C=O) groups is 2. The molecule has 24 heavy (non-hydrogen) atoms. The lowest BCUT2D eigenvalue weighted by Gasteiger charge is -2.28. The van der Waals surface area contributed by atoms with E-state index in [2.05, 4.69) is 10.3 Å². The second-order valence-electron chi connectivity index (χ2n) is 5.32. The predicted octanol–water partition coefficient (Wildman–Crippen LogP) is 1.87. The average molecular weight is 327 g/mol. The van der Waals surface area contributed by atoms with Crippen LogP contribution in [0.1, 0.15) is 20.7 Å². The van der Waals surface area contributed by atoms with Crippen molar-refractivity contribution in [2.75, 3.05) is 36.5 Å². The van der Waals surface area contributed by atoms with Crippen LogP contribution in [0.3, 0.4) is 0 Å². The van der Waals surface area contributed by atoms with E-state index in [0.717, 1.165) is 0 Å². The van der Waals surface area contributed by atoms with Crippen molar-refractivity contribution in [1.82, 2.24) is 4.98 Å². The number of rotatable bonds is 4. The van der Waals surface area contributed by atoms with Crippen LogP contribution in [0, 0.1) is 0 Å². The van der Waals surface area contributed by atoms with Gasteiger partial charge in [-0.25, -0.2) is 9.78 Å². The maximum absolute atomic E-state index is 12.2. The Hall–Kier alpha value is -2.93. The van der Waals surface area contributed by atoms with E-state index in [-0.39, 0.29) is 11.5 Å². The lowest BCUT2D eigenvalue weighted by atomic mass is 10.2. The predicted molar refractivity (Wildman–Crippen MR) is 88.6 cm³/mol. The molecule has 0 unspecified atom stereocenters. The van der Waals surface area contributed by atoms with Gasteiger partial charge in [-0.3, -0.25) is 4.79 Å². The summed E-state index contributed by atoms with van der Waals surface area (Å²) in [4.78, 5) is 29.8. The van der Waals surface area contributed by atoms with Crippen molar-refractivity contribution in [2.24, 2.45) is 0 Å². The Morgan fingerprint density at radius 1 is 1.17 bits per heavy atom. The average Bonchev–Trinajstić information content (AvgIpc) is 2.63. The Kier molecular flexibility index (Phi) is 4.72. The number of pyridine rings is 1. The summed E-state index contributed by atoms with van der Waals surface area (Å²) in [6, 6.07) is 10.1. The maximum atomic E-state index is 12.2. The first-order valence-electron chi connectivity index (χ1n) is 7.57. The number of benzene rings is 1. The van der Waals surface area contributed by atoms with Gasteiger partial charge < -0.3 is 20.1 Å². The first-order valence-corrected chi connectivity index (χ1v) is 7.57. The van der Waals surface area contributed by atoms with Crippen LogP contribution >= 0.6 is 0 Å². The standard InChI is InChI=1S/C17H17N3O4/c21-16(12-4-2-1-3-5-12)19-13-10-14(17(22)23)15(18-11-13)20-6-8-24-9-7-20/h1-5,10-11H,6-9H2,(H,19,21)(H,22,23). The Bertz CT molecular complexity index is 743. The molecule has 2 aromatic rings. The summed E-state index contributed by atoms with van der Waals surface area (Å²) in [6.45, 7) is 2.24. The Labute approximate surface area is 138 Å². The molecule has 0 radical (unpaired) electrons. The number of hydrogen-bond acceptors (Lipinski definition) is 5. The van der Waals surface area contributed by atoms with Crippen molar-refractivity contribution in [3.63, 3.8) is 0 Å². The van der Waals surface area contributed by atoms with Crippen molar-refractivity contribution in [3.8, 4) is 0 Å². The van der Waals surface area contributed by atoms with Crippen LogP contribution < -0.4 is 10.2 Å². The second kappa shape index (κ2) is 7.10. The van der Waals surface area contributed by atoms with E-state index in [0.29, 0.717) is 43.4 Å². The molecule has 1 aromatic heterocycles. The van der Waals surface area contributed by atoms with Crippen LogP contribution in [-0.4, -0.2) is 48.3 Å². The van der Waals surface area contributed by atoms with E-state index in [1.54, 1.807) is 24.3 Å². The zero-order valence-corrected chi connectivity index (χ0v) is 12.9. The van der Waals surface area contributed by atoms with E-state index >= 15 is 0 Å². The highest BCUT2D eigenvalue weighted by atomic mass is 16.5. The highest BCUT2D eigenvalue weighted by Gasteiger charge is 2.21. The molecule has 7 nitrogen and oxygen atoms in total. The Morgan fingerprint density at radius 3 is 2.54 bits per heavy atom. The van der Waals surface area contributed by atoms with Gasteiger partial charge in [0.25, 0.3) is 5.91 Å². The van der Waals surface area contributed by atoms with Gasteiger partial charge in [-0.1, -0.05) is 18.2 Å². The number of carboxylic acid groups (broad SMARTS) is 1. The van der Waals surface area contributed by atoms with Crippen molar-refractivity contribution in [3.05, 3.63) is 53.7 Å². The molecule has 1 aromatic carbocycles. The van der Waals surface area contributed by atoms with Crippen molar-refractivity contribution >= 4 is 23.4 Å². The number of nitrogens with one attached hydrogen (secondary N) is 1. The quantitative estimate of drug-likeness (QED) is 0.891. The number of aromatic carboxylic acids is 1. The number of aromatic nitrogens is 1. The number of ether oxygens (including phenoxy) is 1. The molecule has 1 amide bonds. The van der Waals surface area contributed by atoms with Gasteiger partial charge >= 0.3 is 5.97 Å². The number of morpholine rings is 1. The molecule has 7 heteroatoms. The molecule has 3 rings (SSSR count). The molecular weight excluding hydrogens is 310 g/mol. The van der Waals surface area contributed by atoms with Crippen LogP contribution in [0.15, 0.2) is 42.6 Å². The third-order valence-corrected chi connectivity index (χ3v) is 3.70. The minimum absolute atomic E-state index is 0.0581. The summed E-state index contributed by atoms with van der Waals surface area (Å²) >= 11 is 0. The monoisotopic (exact) mass is 327 g/mol. The van der Waals surface area contributed by atoms with E-state index in [1.807, 2.05) is 11.0 Å². The third-order valence-electron chi connectivity index (χ3n) is 3.70. The summed E-state index contributed by atoms with van der Waals surface area (Å²) < 4.78 is 5.27. The highest BCUT2D eigenvalue weighted by molar-refractivity contribution is 6.05. The molecular formula is C17H17N3O4. The molecule has 1 aliphatic heterocycles. The fraction of sp³-hybridized carbons (Fsp3) is 0.235. The van der Waals surface area contributed by atoms with Gasteiger partial charge in [0.15, 0.2) is 0 Å². The van der Waals surface area contributed by atoms with Crippen molar-refractivity contribution < 1.29 is 19.4 Å². The van der Waals surface area contributed by atoms with Crippen molar-refractivity contribution in [2.45, 2.75) is 0 Å². The van der Waals surface area contributed by atoms with Crippen LogP contribution in [0.2, 0.25) is 0 Å². The molecule has 0 spiro atoms. The zero-order valence-electron chi connectivity index (χ0n) is 12.9. The minimum atomic E-state index is -1.08. The molecule has 2 heterocycles. The van der Waals surface area contributed by atoms with Crippen LogP contribution in [0.5, 0.6) is 0 Å². The highest BCUT2D eigenvalue weighted by Crippen LogP contribution is 2.22. The second-order valence-corrected chi connectivity index (χ2v) is 5.32. The summed E-state index contributed by atoms with van der Waals surface area (Å²) in [5, 5.41) is 12.1. The fourth-order valence-electron chi connectivity index (χ4n) is 2.50. The van der Waals surface area contributed by atoms with Gasteiger partial charge in [0, 0.05) is 18.7 Å². The molecule has 0 atom stereocenters. The fourth-order valence-corrected chi connectivity index (χ4v) is 2.50. The molecule has 1 saturated heterocycles. The number of carboxylic acids is 1. The van der Waals surface area contributed by atoms with Gasteiger partial charge in [0.1, 0.15) is 11.4 Å². The number of anilines is 2. The van der Waals surface area contributed by atoms with Gasteiger partial charge in [-0.05, 0) is 18.2 Å². The largest absolute Gasteiger partial charge is 0.478 e. The van der Waals surface area contributed by atoms with Crippen molar-refractivity contribution in [1.29, 1.82) is 0 Å². The van der Waals surface area contributed by atoms with Crippen LogP contribution in [0.4, 0.5) is 11.5 Å². The smallest absolute Gasteiger partial charge is 0.339 e. The molecule has 0 aliphatic carbocycles. The molecule has 0 bridgehead atoms. The van der Waals surface area contributed by atoms with E-state index in [4.69, 9.17) is 4.74 Å². The summed E-state index contributed by atoms with van der Waals surface area (Å²) in [6.07, 6.45) is 1.47. The first kappa shape index (κ1) is 15.9. The molecule has 1 aliphatic rings. The Balaban J connectivity index is 1.83. The molecule has 2 N–H and O–H groups in total. The molecule has 124 valence electrons. The first-order chi connectivity index (χ1) is 11.6. The molecule has 0 saturated carbocycles. The van der Waals surface area contributed by atoms with Crippen LogP contribution in [0.25, 0.3) is 0 Å². The Morgan fingerprint density at radius 2 is 1.88 bits per heavy atom. The summed E-state index contributed by atoms with van der Waals surface area (Å²) in [7, 11) is 0. The normalized spacial score (nSPS) is 14.2. The van der Waals surface area contributed by atoms with E-state index < -0.39 is 5.97 Å². The summed E-state index contributed by atoms with van der Waals surface area (Å²) in [5.41, 5.74) is 0.896. The van der Waals surface area contributed by atoms with Gasteiger partial charge in [0.05, 0.1) is 25.1 Å². The maximum Gasteiger partial charge on any atom is 0.339 e. The number of amides is 1. The van der Waals surface area contributed by atoms with Gasteiger partial charge in [-0.15, -0.1) is 0 Å². The van der Waals surface area contributed by atoms with Crippen LogP contribution in [-0.2, 0) is 4.74 Å². The molecule has 1 fully saturated rings. The third kappa shape index (κ3) is 3.52. The van der Waals surface area contributed by atoms with Gasteiger partial charge in [-0.2, -0.15) is 0 Å². The lowest BCUT2D eigenvalue weighted by Crippen LogP contribution is -2.37. The number of carbonyl (C=O) groups excluding carboxylic acids is 1. The lowest BCUT2D eigenvalue weighted by molar-refractivity contribution is 0.0695. The number of nitrogens with zero attached hydrogens (tertiary/aromatic N) is 2. The van der Waals surface area contributed by atoms with E-state index in [1.165, 1.54) is 12.3 Å². The minimum Gasteiger partial charge on any atom is -0.478 e. The zero-order chi connectivity index (χ0) is 16.9. The SMILES string of the molecule is O=C(Nc1cnc(N2CCOCC2)c(C(=O)O)c1)c1ccccc1. The topological polar surface area (TPSA) is 91.8 Å².